The molecule has 0 fully saturated rings. The molecule has 4 heteroatoms. The fraction of sp³-hybridized carbons (Fsp3) is 0.643. The van der Waals surface area contributed by atoms with Gasteiger partial charge >= 0.3 is 0 Å². The molecule has 1 heterocycles. The van der Waals surface area contributed by atoms with Crippen molar-refractivity contribution in [2.75, 3.05) is 25.1 Å². The average Bonchev–Trinajstić information content (AvgIpc) is 2.41. The van der Waals surface area contributed by atoms with Gasteiger partial charge in [0, 0.05) is 13.2 Å². The van der Waals surface area contributed by atoms with Crippen molar-refractivity contribution < 1.29 is 9.47 Å². The van der Waals surface area contributed by atoms with Crippen LogP contribution in [-0.2, 0) is 16.1 Å². The van der Waals surface area contributed by atoms with E-state index in [0.717, 1.165) is 31.1 Å². The summed E-state index contributed by atoms with van der Waals surface area (Å²) in [4.78, 5) is 4.49. The summed E-state index contributed by atoms with van der Waals surface area (Å²) in [5, 5.41) is 3.27. The normalized spacial score (nSPS) is 12.4. The van der Waals surface area contributed by atoms with Crippen molar-refractivity contribution in [1.82, 2.24) is 4.98 Å². The largest absolute Gasteiger partial charge is 0.379 e. The van der Waals surface area contributed by atoms with E-state index in [-0.39, 0.29) is 6.10 Å². The molecule has 0 bridgehead atoms. The SMILES string of the molecule is CCCNc1cccc(COC(C)COCC)n1. The van der Waals surface area contributed by atoms with Crippen molar-refractivity contribution in [3.05, 3.63) is 23.9 Å². The number of nitrogens with one attached hydrogen (secondary N) is 1. The summed E-state index contributed by atoms with van der Waals surface area (Å²) in [6.07, 6.45) is 1.19. The molecule has 0 spiro atoms. The second-order valence-electron chi connectivity index (χ2n) is 4.22. The van der Waals surface area contributed by atoms with Crippen LogP contribution in [0.5, 0.6) is 0 Å². The van der Waals surface area contributed by atoms with Gasteiger partial charge in [-0.05, 0) is 32.4 Å². The number of nitrogens with zero attached hydrogens (tertiary/aromatic N) is 1. The highest BCUT2D eigenvalue weighted by atomic mass is 16.5. The van der Waals surface area contributed by atoms with E-state index in [1.165, 1.54) is 0 Å². The molecule has 1 aromatic heterocycles. The average molecular weight is 252 g/mol. The molecule has 0 aliphatic carbocycles. The lowest BCUT2D eigenvalue weighted by Gasteiger charge is -2.13. The summed E-state index contributed by atoms with van der Waals surface area (Å²) in [7, 11) is 0. The Bertz CT molecular complexity index is 331. The molecule has 0 radical (unpaired) electrons. The van der Waals surface area contributed by atoms with E-state index in [1.807, 2.05) is 32.0 Å². The van der Waals surface area contributed by atoms with Crippen LogP contribution in [0.1, 0.15) is 32.9 Å². The van der Waals surface area contributed by atoms with E-state index >= 15 is 0 Å². The zero-order chi connectivity index (χ0) is 13.2. The monoisotopic (exact) mass is 252 g/mol. The Hall–Kier alpha value is -1.13. The smallest absolute Gasteiger partial charge is 0.126 e. The fourth-order valence-electron chi connectivity index (χ4n) is 1.47. The minimum Gasteiger partial charge on any atom is -0.379 e. The summed E-state index contributed by atoms with van der Waals surface area (Å²) < 4.78 is 11.0. The van der Waals surface area contributed by atoms with Crippen molar-refractivity contribution in [3.8, 4) is 0 Å². The first-order chi connectivity index (χ1) is 8.76. The first-order valence-corrected chi connectivity index (χ1v) is 6.65. The molecule has 1 atom stereocenters. The lowest BCUT2D eigenvalue weighted by atomic mass is 10.3. The minimum absolute atomic E-state index is 0.0963. The molecule has 0 amide bonds. The maximum absolute atomic E-state index is 5.67. The molecule has 0 aromatic carbocycles. The highest BCUT2D eigenvalue weighted by molar-refractivity contribution is 5.34. The van der Waals surface area contributed by atoms with Crippen LogP contribution in [0.25, 0.3) is 0 Å². The van der Waals surface area contributed by atoms with Gasteiger partial charge in [-0.3, -0.25) is 0 Å². The van der Waals surface area contributed by atoms with E-state index in [0.29, 0.717) is 13.2 Å². The number of anilines is 1. The zero-order valence-corrected chi connectivity index (χ0v) is 11.6. The quantitative estimate of drug-likeness (QED) is 0.734. The van der Waals surface area contributed by atoms with Crippen molar-refractivity contribution in [2.24, 2.45) is 0 Å². The van der Waals surface area contributed by atoms with Crippen molar-refractivity contribution >= 4 is 5.82 Å². The highest BCUT2D eigenvalue weighted by Gasteiger charge is 2.03. The summed E-state index contributed by atoms with van der Waals surface area (Å²) in [5.41, 5.74) is 0.944. The summed E-state index contributed by atoms with van der Waals surface area (Å²) >= 11 is 0. The molecular formula is C14H24N2O2. The Morgan fingerprint density at radius 1 is 1.33 bits per heavy atom. The standard InChI is InChI=1S/C14H24N2O2/c1-4-9-15-14-8-6-7-13(16-14)11-18-12(3)10-17-5-2/h6-8,12H,4-5,9-11H2,1-3H3,(H,15,16). The first kappa shape index (κ1) is 14.9. The third-order valence-corrected chi connectivity index (χ3v) is 2.44. The van der Waals surface area contributed by atoms with E-state index in [9.17, 15) is 0 Å². The van der Waals surface area contributed by atoms with Crippen LogP contribution in [0.2, 0.25) is 0 Å². The van der Waals surface area contributed by atoms with Gasteiger partial charge in [-0.15, -0.1) is 0 Å². The molecule has 18 heavy (non-hydrogen) atoms. The van der Waals surface area contributed by atoms with Crippen LogP contribution < -0.4 is 5.32 Å². The van der Waals surface area contributed by atoms with Crippen LogP contribution in [0, 0.1) is 0 Å². The maximum Gasteiger partial charge on any atom is 0.126 e. The molecule has 102 valence electrons. The van der Waals surface area contributed by atoms with Gasteiger partial charge in [-0.2, -0.15) is 0 Å². The van der Waals surface area contributed by atoms with Crippen LogP contribution in [0.15, 0.2) is 18.2 Å². The lowest BCUT2D eigenvalue weighted by molar-refractivity contribution is -0.0127. The summed E-state index contributed by atoms with van der Waals surface area (Å²) in [6, 6.07) is 5.95. The van der Waals surface area contributed by atoms with E-state index in [4.69, 9.17) is 9.47 Å². The topological polar surface area (TPSA) is 43.4 Å². The number of hydrogen-bond donors (Lipinski definition) is 1. The maximum atomic E-state index is 5.67. The summed E-state index contributed by atoms with van der Waals surface area (Å²) in [5.74, 6) is 0.912. The Labute approximate surface area is 110 Å². The van der Waals surface area contributed by atoms with Crippen molar-refractivity contribution in [3.63, 3.8) is 0 Å². The molecule has 0 saturated heterocycles. The molecule has 1 aromatic rings. The molecular weight excluding hydrogens is 228 g/mol. The van der Waals surface area contributed by atoms with Crippen LogP contribution in [0.3, 0.4) is 0 Å². The Kier molecular flexibility index (Phi) is 7.37. The van der Waals surface area contributed by atoms with Crippen molar-refractivity contribution in [2.45, 2.75) is 39.9 Å². The van der Waals surface area contributed by atoms with Crippen LogP contribution >= 0.6 is 0 Å². The predicted molar refractivity (Wildman–Crippen MR) is 73.8 cm³/mol. The van der Waals surface area contributed by atoms with Gasteiger partial charge in [0.15, 0.2) is 0 Å². The zero-order valence-electron chi connectivity index (χ0n) is 11.6. The predicted octanol–water partition coefficient (Wildman–Crippen LogP) is 2.85. The summed E-state index contributed by atoms with van der Waals surface area (Å²) in [6.45, 7) is 8.95. The second-order valence-corrected chi connectivity index (χ2v) is 4.22. The fourth-order valence-corrected chi connectivity index (χ4v) is 1.47. The third-order valence-electron chi connectivity index (χ3n) is 2.44. The van der Waals surface area contributed by atoms with Gasteiger partial charge in [-0.25, -0.2) is 4.98 Å². The number of pyridine rings is 1. The molecule has 0 aliphatic heterocycles. The van der Waals surface area contributed by atoms with Gasteiger partial charge in [0.05, 0.1) is 25.0 Å². The number of aromatic nitrogens is 1. The minimum atomic E-state index is 0.0963. The van der Waals surface area contributed by atoms with E-state index < -0.39 is 0 Å². The Balaban J connectivity index is 2.37. The molecule has 4 nitrogen and oxygen atoms in total. The van der Waals surface area contributed by atoms with Crippen molar-refractivity contribution in [1.29, 1.82) is 0 Å². The Morgan fingerprint density at radius 3 is 2.89 bits per heavy atom. The van der Waals surface area contributed by atoms with Gasteiger partial charge in [0.1, 0.15) is 5.82 Å². The molecule has 0 saturated carbocycles. The van der Waals surface area contributed by atoms with Crippen LogP contribution in [-0.4, -0.2) is 30.8 Å². The Morgan fingerprint density at radius 2 is 2.17 bits per heavy atom. The molecule has 1 rings (SSSR count). The third kappa shape index (κ3) is 5.98. The van der Waals surface area contributed by atoms with Crippen LogP contribution in [0.4, 0.5) is 5.82 Å². The van der Waals surface area contributed by atoms with E-state index in [1.54, 1.807) is 0 Å². The number of ether oxygens (including phenoxy) is 2. The highest BCUT2D eigenvalue weighted by Crippen LogP contribution is 2.07. The number of rotatable bonds is 9. The first-order valence-electron chi connectivity index (χ1n) is 6.65. The van der Waals surface area contributed by atoms with Gasteiger partial charge in [0.25, 0.3) is 0 Å². The van der Waals surface area contributed by atoms with Gasteiger partial charge in [0.2, 0.25) is 0 Å². The van der Waals surface area contributed by atoms with Gasteiger partial charge < -0.3 is 14.8 Å². The number of hydrogen-bond acceptors (Lipinski definition) is 4. The van der Waals surface area contributed by atoms with Gasteiger partial charge in [-0.1, -0.05) is 13.0 Å². The molecule has 0 aliphatic rings. The molecule has 1 unspecified atom stereocenters. The second kappa shape index (κ2) is 8.89. The molecule has 1 N–H and O–H groups in total. The van der Waals surface area contributed by atoms with E-state index in [2.05, 4.69) is 17.2 Å². The lowest BCUT2D eigenvalue weighted by Crippen LogP contribution is -2.16.